The first-order chi connectivity index (χ1) is 11.3. The van der Waals surface area contributed by atoms with Gasteiger partial charge in [-0.2, -0.15) is 0 Å². The molecule has 1 rings (SSSR count). The second-order valence-electron chi connectivity index (χ2n) is 6.15. The molecule has 0 aliphatic carbocycles. The minimum absolute atomic E-state index is 0.0331. The number of nitrogens with one attached hydrogen (secondary N) is 4. The van der Waals surface area contributed by atoms with Crippen LogP contribution in [0.4, 0.5) is 0 Å². The number of hydrogen-bond donors (Lipinski definition) is 4. The lowest BCUT2D eigenvalue weighted by molar-refractivity contribution is -0.121. The summed E-state index contributed by atoms with van der Waals surface area (Å²) in [6.45, 7) is 9.26. The molecule has 1 aromatic rings. The predicted octanol–water partition coefficient (Wildman–Crippen LogP) is 0.479. The first-order valence-electron chi connectivity index (χ1n) is 7.96. The maximum Gasteiger partial charge on any atom is 0.287 e. The van der Waals surface area contributed by atoms with E-state index >= 15 is 0 Å². The normalized spacial score (nSPS) is 11.8. The molecule has 0 saturated carbocycles. The summed E-state index contributed by atoms with van der Waals surface area (Å²) < 4.78 is 5.00. The fourth-order valence-corrected chi connectivity index (χ4v) is 1.80. The number of amides is 2. The molecule has 0 atom stereocenters. The Morgan fingerprint density at radius 3 is 2.46 bits per heavy atom. The lowest BCUT2D eigenvalue weighted by atomic mass is 10.1. The molecule has 0 bridgehead atoms. The van der Waals surface area contributed by atoms with Crippen molar-refractivity contribution >= 4 is 17.8 Å². The molecule has 0 radical (unpaired) electrons. The highest BCUT2D eigenvalue weighted by Crippen LogP contribution is 1.98. The van der Waals surface area contributed by atoms with E-state index in [1.807, 2.05) is 27.7 Å². The van der Waals surface area contributed by atoms with Crippen LogP contribution in [-0.2, 0) is 4.79 Å². The number of carbonyl (C=O) groups is 2. The van der Waals surface area contributed by atoms with Gasteiger partial charge in [0, 0.05) is 25.2 Å². The second kappa shape index (κ2) is 9.59. The molecule has 0 aliphatic heterocycles. The fraction of sp³-hybridized carbons (Fsp3) is 0.562. The number of carbonyl (C=O) groups excluding carboxylic acids is 2. The highest BCUT2D eigenvalue weighted by Gasteiger charge is 2.13. The number of guanidine groups is 1. The molecular weight excluding hydrogens is 310 g/mol. The van der Waals surface area contributed by atoms with E-state index in [1.54, 1.807) is 12.1 Å². The van der Waals surface area contributed by atoms with Crippen molar-refractivity contribution in [3.05, 3.63) is 24.2 Å². The Morgan fingerprint density at radius 2 is 1.88 bits per heavy atom. The van der Waals surface area contributed by atoms with Crippen LogP contribution in [0, 0.1) is 0 Å². The van der Waals surface area contributed by atoms with Gasteiger partial charge in [0.1, 0.15) is 6.54 Å². The second-order valence-corrected chi connectivity index (χ2v) is 6.15. The third-order valence-corrected chi connectivity index (χ3v) is 2.69. The smallest absolute Gasteiger partial charge is 0.287 e. The summed E-state index contributed by atoms with van der Waals surface area (Å²) >= 11 is 0. The molecule has 8 heteroatoms. The van der Waals surface area contributed by atoms with Crippen molar-refractivity contribution < 1.29 is 14.0 Å². The van der Waals surface area contributed by atoms with E-state index in [9.17, 15) is 9.59 Å². The van der Waals surface area contributed by atoms with Crippen LogP contribution in [0.1, 0.15) is 38.2 Å². The average Bonchev–Trinajstić information content (AvgIpc) is 3.01. The van der Waals surface area contributed by atoms with Crippen molar-refractivity contribution in [3.8, 4) is 0 Å². The number of furan rings is 1. The molecule has 0 saturated heterocycles. The van der Waals surface area contributed by atoms with Crippen LogP contribution in [0.15, 0.2) is 27.8 Å². The van der Waals surface area contributed by atoms with Gasteiger partial charge >= 0.3 is 0 Å². The third-order valence-electron chi connectivity index (χ3n) is 2.69. The van der Waals surface area contributed by atoms with Gasteiger partial charge in [0.25, 0.3) is 5.91 Å². The van der Waals surface area contributed by atoms with E-state index in [2.05, 4.69) is 26.3 Å². The first-order valence-corrected chi connectivity index (χ1v) is 7.96. The van der Waals surface area contributed by atoms with Gasteiger partial charge in [-0.3, -0.25) is 9.59 Å². The van der Waals surface area contributed by atoms with Gasteiger partial charge in [0.2, 0.25) is 5.91 Å². The molecule has 1 heterocycles. The van der Waals surface area contributed by atoms with Crippen molar-refractivity contribution in [2.75, 3.05) is 26.2 Å². The average molecular weight is 337 g/mol. The quantitative estimate of drug-likeness (QED) is 0.329. The van der Waals surface area contributed by atoms with Crippen LogP contribution in [0.25, 0.3) is 0 Å². The van der Waals surface area contributed by atoms with Crippen LogP contribution in [0.2, 0.25) is 0 Å². The molecule has 2 amide bonds. The lowest BCUT2D eigenvalue weighted by Crippen LogP contribution is -2.44. The Morgan fingerprint density at radius 1 is 1.17 bits per heavy atom. The summed E-state index contributed by atoms with van der Waals surface area (Å²) in [4.78, 5) is 27.7. The summed E-state index contributed by atoms with van der Waals surface area (Å²) in [6.07, 6.45) is 1.45. The number of rotatable bonds is 7. The topological polar surface area (TPSA) is 108 Å². The number of nitrogens with zero attached hydrogens (tertiary/aromatic N) is 1. The Hall–Kier alpha value is -2.51. The van der Waals surface area contributed by atoms with Gasteiger partial charge in [0.05, 0.1) is 6.26 Å². The molecule has 0 aliphatic rings. The molecule has 1 aromatic heterocycles. The Kier molecular flexibility index (Phi) is 7.81. The molecule has 0 aromatic carbocycles. The van der Waals surface area contributed by atoms with Crippen molar-refractivity contribution in [1.82, 2.24) is 21.3 Å². The van der Waals surface area contributed by atoms with Gasteiger partial charge in [-0.05, 0) is 39.8 Å². The molecule has 24 heavy (non-hydrogen) atoms. The summed E-state index contributed by atoms with van der Waals surface area (Å²) in [5.41, 5.74) is -0.283. The fourth-order valence-electron chi connectivity index (χ4n) is 1.80. The molecule has 0 spiro atoms. The largest absolute Gasteiger partial charge is 0.459 e. The third kappa shape index (κ3) is 8.21. The van der Waals surface area contributed by atoms with E-state index in [0.29, 0.717) is 25.6 Å². The molecule has 4 N–H and O–H groups in total. The first kappa shape index (κ1) is 19.5. The van der Waals surface area contributed by atoms with Gasteiger partial charge in [-0.1, -0.05) is 0 Å². The van der Waals surface area contributed by atoms with Crippen LogP contribution >= 0.6 is 0 Å². The maximum atomic E-state index is 11.8. The van der Waals surface area contributed by atoms with Gasteiger partial charge < -0.3 is 25.7 Å². The van der Waals surface area contributed by atoms with Gasteiger partial charge in [0.15, 0.2) is 11.7 Å². The van der Waals surface area contributed by atoms with Gasteiger partial charge in [-0.25, -0.2) is 4.99 Å². The van der Waals surface area contributed by atoms with Crippen LogP contribution < -0.4 is 21.3 Å². The van der Waals surface area contributed by atoms with E-state index in [0.717, 1.165) is 0 Å². The minimum atomic E-state index is -0.283. The predicted molar refractivity (Wildman–Crippen MR) is 92.9 cm³/mol. The molecule has 134 valence electrons. The maximum absolute atomic E-state index is 11.8. The number of hydrogen-bond acceptors (Lipinski definition) is 4. The summed E-state index contributed by atoms with van der Waals surface area (Å²) in [5, 5.41) is 11.7. The SMILES string of the molecule is CCNC(=NCC(=O)NC(C)(C)C)NCCNC(=O)c1ccco1. The van der Waals surface area contributed by atoms with Gasteiger partial charge in [-0.15, -0.1) is 0 Å². The monoisotopic (exact) mass is 337 g/mol. The zero-order valence-corrected chi connectivity index (χ0v) is 14.7. The zero-order chi connectivity index (χ0) is 18.0. The van der Waals surface area contributed by atoms with E-state index in [4.69, 9.17) is 4.42 Å². The molecular formula is C16H27N5O3. The van der Waals surface area contributed by atoms with Crippen molar-refractivity contribution in [2.45, 2.75) is 33.2 Å². The summed E-state index contributed by atoms with van der Waals surface area (Å²) in [5.74, 6) is 0.377. The van der Waals surface area contributed by atoms with Crippen LogP contribution in [0.3, 0.4) is 0 Å². The van der Waals surface area contributed by atoms with E-state index in [-0.39, 0.29) is 29.7 Å². The zero-order valence-electron chi connectivity index (χ0n) is 14.7. The van der Waals surface area contributed by atoms with Crippen LogP contribution in [-0.4, -0.2) is 49.5 Å². The molecule has 0 unspecified atom stereocenters. The summed E-state index contributed by atoms with van der Waals surface area (Å²) in [6, 6.07) is 3.26. The Bertz CT molecular complexity index is 547. The van der Waals surface area contributed by atoms with Crippen molar-refractivity contribution in [2.24, 2.45) is 4.99 Å². The minimum Gasteiger partial charge on any atom is -0.459 e. The Balaban J connectivity index is 2.35. The van der Waals surface area contributed by atoms with Crippen molar-refractivity contribution in [1.29, 1.82) is 0 Å². The van der Waals surface area contributed by atoms with Crippen LogP contribution in [0.5, 0.6) is 0 Å². The Labute approximate surface area is 142 Å². The number of aliphatic imine (C=N–C) groups is 1. The highest BCUT2D eigenvalue weighted by molar-refractivity contribution is 5.91. The van der Waals surface area contributed by atoms with Crippen molar-refractivity contribution in [3.63, 3.8) is 0 Å². The van der Waals surface area contributed by atoms with E-state index < -0.39 is 0 Å². The molecule has 8 nitrogen and oxygen atoms in total. The standard InChI is InChI=1S/C16H27N5O3/c1-5-17-15(20-11-13(22)21-16(2,3)4)19-9-8-18-14(23)12-7-6-10-24-12/h6-7,10H,5,8-9,11H2,1-4H3,(H,18,23)(H,21,22)(H2,17,19,20). The lowest BCUT2D eigenvalue weighted by Gasteiger charge is -2.20. The summed E-state index contributed by atoms with van der Waals surface area (Å²) in [7, 11) is 0. The van der Waals surface area contributed by atoms with E-state index in [1.165, 1.54) is 6.26 Å². The highest BCUT2D eigenvalue weighted by atomic mass is 16.3. The molecule has 0 fully saturated rings.